The zero-order valence-electron chi connectivity index (χ0n) is 20.3. The molecule has 12 heteroatoms. The van der Waals surface area contributed by atoms with Crippen LogP contribution in [0.2, 0.25) is 0 Å². The number of amides is 4. The molecule has 1 heterocycles. The van der Waals surface area contributed by atoms with Gasteiger partial charge in [-0.05, 0) is 31.5 Å². The van der Waals surface area contributed by atoms with Gasteiger partial charge in [0.1, 0.15) is 12.1 Å². The SMILES string of the molecule is C[C@H](NC(=O)[C@]1(C)NC(=O)CCC1=O)C(=O)N[C@@H](Cc1ccccc1)C(=O)Nc1ccc([N+](=O)[O-])cc1. The second-order valence-electron chi connectivity index (χ2n) is 8.84. The molecule has 0 unspecified atom stereocenters. The predicted molar refractivity (Wildman–Crippen MR) is 132 cm³/mol. The van der Waals surface area contributed by atoms with Crippen LogP contribution < -0.4 is 21.3 Å². The van der Waals surface area contributed by atoms with E-state index in [1.165, 1.54) is 38.1 Å². The lowest BCUT2D eigenvalue weighted by molar-refractivity contribution is -0.384. The van der Waals surface area contributed by atoms with Crippen molar-refractivity contribution in [1.82, 2.24) is 16.0 Å². The number of nitro benzene ring substituents is 1. The Morgan fingerprint density at radius 3 is 2.27 bits per heavy atom. The number of piperidine rings is 1. The number of carbonyl (C=O) groups excluding carboxylic acids is 5. The molecule has 2 aromatic rings. The van der Waals surface area contributed by atoms with Crippen LogP contribution in [0.25, 0.3) is 0 Å². The minimum absolute atomic E-state index is 0.0111. The Labute approximate surface area is 212 Å². The largest absolute Gasteiger partial charge is 0.342 e. The van der Waals surface area contributed by atoms with Crippen molar-refractivity contribution < 1.29 is 28.9 Å². The maximum absolute atomic E-state index is 13.1. The Hall–Kier alpha value is -4.61. The van der Waals surface area contributed by atoms with E-state index in [0.29, 0.717) is 5.69 Å². The van der Waals surface area contributed by atoms with Crippen LogP contribution >= 0.6 is 0 Å². The van der Waals surface area contributed by atoms with Crippen molar-refractivity contribution in [1.29, 1.82) is 0 Å². The summed E-state index contributed by atoms with van der Waals surface area (Å²) in [5.74, 6) is -3.01. The summed E-state index contributed by atoms with van der Waals surface area (Å²) in [6.07, 6.45) is 0.0272. The lowest BCUT2D eigenvalue weighted by Crippen LogP contribution is -2.66. The monoisotopic (exact) mass is 509 g/mol. The Kier molecular flexibility index (Phi) is 8.33. The molecule has 1 saturated heterocycles. The van der Waals surface area contributed by atoms with Crippen LogP contribution in [0, 0.1) is 10.1 Å². The topological polar surface area (TPSA) is 177 Å². The third kappa shape index (κ3) is 6.75. The van der Waals surface area contributed by atoms with Crippen molar-refractivity contribution in [3.05, 3.63) is 70.3 Å². The Balaban J connectivity index is 1.71. The molecular formula is C25H27N5O7. The zero-order valence-corrected chi connectivity index (χ0v) is 20.3. The molecule has 4 amide bonds. The molecule has 1 fully saturated rings. The molecule has 0 saturated carbocycles. The van der Waals surface area contributed by atoms with Crippen molar-refractivity contribution in [2.75, 3.05) is 5.32 Å². The van der Waals surface area contributed by atoms with Gasteiger partial charge >= 0.3 is 0 Å². The molecule has 0 radical (unpaired) electrons. The first kappa shape index (κ1) is 27.0. The lowest BCUT2D eigenvalue weighted by Gasteiger charge is -2.32. The van der Waals surface area contributed by atoms with E-state index in [2.05, 4.69) is 21.3 Å². The second kappa shape index (κ2) is 11.4. The van der Waals surface area contributed by atoms with Gasteiger partial charge in [0.15, 0.2) is 11.3 Å². The number of hydrogen-bond acceptors (Lipinski definition) is 7. The van der Waals surface area contributed by atoms with Crippen LogP contribution in [-0.2, 0) is 30.4 Å². The van der Waals surface area contributed by atoms with Gasteiger partial charge in [0.25, 0.3) is 11.6 Å². The fourth-order valence-corrected chi connectivity index (χ4v) is 3.73. The highest BCUT2D eigenvalue weighted by atomic mass is 16.6. The van der Waals surface area contributed by atoms with Crippen LogP contribution in [0.1, 0.15) is 32.3 Å². The van der Waals surface area contributed by atoms with E-state index < -0.39 is 52.0 Å². The smallest absolute Gasteiger partial charge is 0.269 e. The fraction of sp³-hybridized carbons (Fsp3) is 0.320. The third-order valence-electron chi connectivity index (χ3n) is 5.98. The number of hydrogen-bond donors (Lipinski definition) is 4. The number of carbonyl (C=O) groups is 5. The van der Waals surface area contributed by atoms with E-state index >= 15 is 0 Å². The molecular weight excluding hydrogens is 482 g/mol. The first-order valence-electron chi connectivity index (χ1n) is 11.5. The van der Waals surface area contributed by atoms with Gasteiger partial charge in [0.2, 0.25) is 17.7 Å². The van der Waals surface area contributed by atoms with E-state index in [1.807, 2.05) is 0 Å². The summed E-state index contributed by atoms with van der Waals surface area (Å²) in [5, 5.41) is 20.9. The molecule has 4 N–H and O–H groups in total. The van der Waals surface area contributed by atoms with Gasteiger partial charge in [-0.15, -0.1) is 0 Å². The molecule has 37 heavy (non-hydrogen) atoms. The molecule has 12 nitrogen and oxygen atoms in total. The van der Waals surface area contributed by atoms with Crippen molar-refractivity contribution in [3.8, 4) is 0 Å². The van der Waals surface area contributed by atoms with Gasteiger partial charge in [-0.3, -0.25) is 34.1 Å². The number of rotatable bonds is 9. The number of benzene rings is 2. The average molecular weight is 510 g/mol. The fourth-order valence-electron chi connectivity index (χ4n) is 3.73. The first-order chi connectivity index (χ1) is 17.5. The van der Waals surface area contributed by atoms with Gasteiger partial charge in [-0.2, -0.15) is 0 Å². The maximum atomic E-state index is 13.1. The predicted octanol–water partition coefficient (Wildman–Crippen LogP) is 1.00. The molecule has 1 aliphatic heterocycles. The minimum atomic E-state index is -1.79. The van der Waals surface area contributed by atoms with E-state index in [1.54, 1.807) is 30.3 Å². The summed E-state index contributed by atoms with van der Waals surface area (Å²) in [6.45, 7) is 2.67. The zero-order chi connectivity index (χ0) is 27.2. The molecule has 3 rings (SSSR count). The van der Waals surface area contributed by atoms with Crippen LogP contribution in [0.15, 0.2) is 54.6 Å². The van der Waals surface area contributed by atoms with E-state index in [0.717, 1.165) is 5.56 Å². The molecule has 0 bridgehead atoms. The first-order valence-corrected chi connectivity index (χ1v) is 11.5. The molecule has 0 spiro atoms. The Bertz CT molecular complexity index is 1220. The van der Waals surface area contributed by atoms with Crippen LogP contribution in [-0.4, -0.2) is 52.0 Å². The Morgan fingerprint density at radius 1 is 1.00 bits per heavy atom. The second-order valence-corrected chi connectivity index (χ2v) is 8.84. The van der Waals surface area contributed by atoms with E-state index in [-0.39, 0.29) is 24.9 Å². The van der Waals surface area contributed by atoms with Crippen molar-refractivity contribution in [2.45, 2.75) is 50.7 Å². The number of anilines is 1. The molecule has 0 aromatic heterocycles. The average Bonchev–Trinajstić information content (AvgIpc) is 2.86. The van der Waals surface area contributed by atoms with Crippen molar-refractivity contribution in [2.24, 2.45) is 0 Å². The summed E-state index contributed by atoms with van der Waals surface area (Å²) in [6, 6.07) is 11.9. The van der Waals surface area contributed by atoms with Crippen LogP contribution in [0.5, 0.6) is 0 Å². The van der Waals surface area contributed by atoms with Gasteiger partial charge < -0.3 is 21.3 Å². The summed E-state index contributed by atoms with van der Waals surface area (Å²) in [5.41, 5.74) is -0.881. The number of nitrogens with one attached hydrogen (secondary N) is 4. The van der Waals surface area contributed by atoms with Crippen LogP contribution in [0.3, 0.4) is 0 Å². The summed E-state index contributed by atoms with van der Waals surface area (Å²) < 4.78 is 0. The highest BCUT2D eigenvalue weighted by Gasteiger charge is 2.45. The Morgan fingerprint density at radius 2 is 1.65 bits per heavy atom. The minimum Gasteiger partial charge on any atom is -0.342 e. The van der Waals surface area contributed by atoms with Crippen LogP contribution in [0.4, 0.5) is 11.4 Å². The molecule has 2 aromatic carbocycles. The van der Waals surface area contributed by atoms with Gasteiger partial charge in [-0.1, -0.05) is 30.3 Å². The van der Waals surface area contributed by atoms with Gasteiger partial charge in [-0.25, -0.2) is 0 Å². The highest BCUT2D eigenvalue weighted by molar-refractivity contribution is 6.15. The highest BCUT2D eigenvalue weighted by Crippen LogP contribution is 2.17. The summed E-state index contributed by atoms with van der Waals surface area (Å²) in [7, 11) is 0. The van der Waals surface area contributed by atoms with Crippen molar-refractivity contribution in [3.63, 3.8) is 0 Å². The number of Topliss-reactive ketones (excluding diaryl/α,β-unsaturated/α-hetero) is 1. The number of nitrogens with zero attached hydrogens (tertiary/aromatic N) is 1. The summed E-state index contributed by atoms with van der Waals surface area (Å²) in [4.78, 5) is 73.1. The van der Waals surface area contributed by atoms with E-state index in [4.69, 9.17) is 0 Å². The maximum Gasteiger partial charge on any atom is 0.269 e. The van der Waals surface area contributed by atoms with Gasteiger partial charge in [0.05, 0.1) is 4.92 Å². The molecule has 0 aliphatic carbocycles. The molecule has 194 valence electrons. The summed E-state index contributed by atoms with van der Waals surface area (Å²) >= 11 is 0. The number of nitro groups is 1. The molecule has 1 aliphatic rings. The van der Waals surface area contributed by atoms with Crippen molar-refractivity contribution >= 4 is 40.8 Å². The third-order valence-corrected chi connectivity index (χ3v) is 5.98. The standard InChI is InChI=1S/C25H27N5O7/c1-15(26-24(35)25(2)20(31)12-13-21(32)29-25)22(33)28-19(14-16-6-4-3-5-7-16)23(34)27-17-8-10-18(11-9-17)30(36)37/h3-11,15,19H,12-14H2,1-2H3,(H,26,35)(H,27,34)(H,28,33)(H,29,32)/t15-,19-,25+/m0/s1. The lowest BCUT2D eigenvalue weighted by atomic mass is 9.88. The molecule has 3 atom stereocenters. The number of non-ortho nitro benzene ring substituents is 1. The van der Waals surface area contributed by atoms with Gasteiger partial charge in [0, 0.05) is 37.1 Å². The van der Waals surface area contributed by atoms with E-state index in [9.17, 15) is 34.1 Å². The quantitative estimate of drug-likeness (QED) is 0.221. The normalized spacial score (nSPS) is 18.6. The number of ketones is 1.